The molecular formula is C28H26ClFN8O. The van der Waals surface area contributed by atoms with Gasteiger partial charge in [-0.2, -0.15) is 10.2 Å². The van der Waals surface area contributed by atoms with Gasteiger partial charge in [-0.05, 0) is 69.2 Å². The minimum atomic E-state index is -0.622. The smallest absolute Gasteiger partial charge is 0.270 e. The second-order valence-corrected chi connectivity index (χ2v) is 10.5. The summed E-state index contributed by atoms with van der Waals surface area (Å²) < 4.78 is 14.8. The highest BCUT2D eigenvalue weighted by molar-refractivity contribution is 6.38. The molecule has 1 saturated heterocycles. The van der Waals surface area contributed by atoms with Crippen molar-refractivity contribution in [2.75, 3.05) is 48.3 Å². The quantitative estimate of drug-likeness (QED) is 0.510. The fourth-order valence-electron chi connectivity index (χ4n) is 5.58. The number of carbonyl (C=O) groups is 1. The van der Waals surface area contributed by atoms with Crippen LogP contribution in [0.4, 0.5) is 27.5 Å². The van der Waals surface area contributed by atoms with Crippen LogP contribution in [0.5, 0.6) is 0 Å². The van der Waals surface area contributed by atoms with Crippen molar-refractivity contribution in [2.45, 2.75) is 25.2 Å². The van der Waals surface area contributed by atoms with Crippen LogP contribution >= 0.6 is 11.6 Å². The van der Waals surface area contributed by atoms with Crippen LogP contribution in [-0.2, 0) is 5.41 Å². The van der Waals surface area contributed by atoms with Gasteiger partial charge in [0, 0.05) is 18.4 Å². The first-order valence-electron chi connectivity index (χ1n) is 12.8. The maximum Gasteiger partial charge on any atom is 0.270 e. The highest BCUT2D eigenvalue weighted by atomic mass is 35.5. The van der Waals surface area contributed by atoms with Gasteiger partial charge in [-0.15, -0.1) is 0 Å². The van der Waals surface area contributed by atoms with Gasteiger partial charge >= 0.3 is 0 Å². The third kappa shape index (κ3) is 4.09. The Labute approximate surface area is 230 Å². The highest BCUT2D eigenvalue weighted by Crippen LogP contribution is 2.40. The van der Waals surface area contributed by atoms with Crippen LogP contribution < -0.4 is 15.1 Å². The first kappa shape index (κ1) is 25.2. The van der Waals surface area contributed by atoms with E-state index < -0.39 is 17.1 Å². The molecule has 0 spiro atoms. The van der Waals surface area contributed by atoms with Crippen LogP contribution in [0.1, 0.15) is 34.3 Å². The fraction of sp³-hybridized carbons (Fsp3) is 0.321. The number of hydrogen-bond donors (Lipinski definition) is 1. The van der Waals surface area contributed by atoms with Crippen molar-refractivity contribution in [3.63, 3.8) is 0 Å². The number of aliphatic imine (C=N–C) groups is 1. The van der Waals surface area contributed by atoms with Gasteiger partial charge in [-0.1, -0.05) is 29.8 Å². The lowest BCUT2D eigenvalue weighted by atomic mass is 9.72. The standard InChI is InChI=1S/C28H26ClFN8O/c1-17-19(28(16-31)9-12-36(2)13-10-28)5-3-8-22(17)34-26-33-15-18-24(35-26)37-14-11-32-27(37)38(25(18)39)23-20(29)6-4-7-21(23)30/h3-8,15H,9-14H2,1-2H3,(H,33,34,35). The Morgan fingerprint density at radius 1 is 1.15 bits per heavy atom. The number of carbonyl (C=O) groups excluding carboxylic acids is 1. The summed E-state index contributed by atoms with van der Waals surface area (Å²) in [5.74, 6) is -0.143. The Kier molecular flexibility index (Phi) is 6.20. The summed E-state index contributed by atoms with van der Waals surface area (Å²) in [6, 6.07) is 12.8. The summed E-state index contributed by atoms with van der Waals surface area (Å²) in [5.41, 5.74) is 2.39. The molecule has 0 saturated carbocycles. The lowest BCUT2D eigenvalue weighted by molar-refractivity contribution is 0.0999. The van der Waals surface area contributed by atoms with E-state index in [9.17, 15) is 14.4 Å². The number of likely N-dealkylation sites (tertiary alicyclic amines) is 1. The molecule has 0 atom stereocenters. The number of nitriles is 1. The van der Waals surface area contributed by atoms with Gasteiger partial charge < -0.3 is 10.2 Å². The number of nitrogens with one attached hydrogen (secondary N) is 1. The average molecular weight is 545 g/mol. The summed E-state index contributed by atoms with van der Waals surface area (Å²) in [6.07, 6.45) is 2.97. The van der Waals surface area contributed by atoms with Gasteiger partial charge in [0.25, 0.3) is 5.91 Å². The summed E-state index contributed by atoms with van der Waals surface area (Å²) in [4.78, 5) is 32.3. The molecule has 3 aromatic rings. The van der Waals surface area contributed by atoms with E-state index in [2.05, 4.69) is 38.3 Å². The number of amides is 1. The summed E-state index contributed by atoms with van der Waals surface area (Å²) in [7, 11) is 2.07. The molecule has 0 radical (unpaired) electrons. The molecule has 2 aromatic carbocycles. The Morgan fingerprint density at radius 3 is 2.67 bits per heavy atom. The van der Waals surface area contributed by atoms with Gasteiger partial charge in [0.15, 0.2) is 5.82 Å². The number of fused-ring (bicyclic) bond motifs is 3. The van der Waals surface area contributed by atoms with Crippen molar-refractivity contribution in [3.05, 3.63) is 70.1 Å². The minimum Gasteiger partial charge on any atom is -0.324 e. The number of guanidine groups is 1. The molecule has 39 heavy (non-hydrogen) atoms. The molecule has 1 amide bonds. The molecular weight excluding hydrogens is 519 g/mol. The van der Waals surface area contributed by atoms with Crippen LogP contribution in [0.2, 0.25) is 5.02 Å². The zero-order chi connectivity index (χ0) is 27.3. The number of hydrogen-bond acceptors (Lipinski definition) is 8. The lowest BCUT2D eigenvalue weighted by Gasteiger charge is -2.37. The predicted octanol–water partition coefficient (Wildman–Crippen LogP) is 4.64. The molecule has 0 unspecified atom stereocenters. The number of anilines is 4. The number of nitrogens with zero attached hydrogens (tertiary/aromatic N) is 7. The largest absolute Gasteiger partial charge is 0.324 e. The molecule has 3 aliphatic heterocycles. The molecule has 198 valence electrons. The molecule has 1 aromatic heterocycles. The molecule has 0 bridgehead atoms. The van der Waals surface area contributed by atoms with Crippen molar-refractivity contribution < 1.29 is 9.18 Å². The zero-order valence-electron chi connectivity index (χ0n) is 21.6. The Balaban J connectivity index is 1.35. The highest BCUT2D eigenvalue weighted by Gasteiger charge is 2.42. The number of halogens is 2. The second kappa shape index (κ2) is 9.59. The average Bonchev–Trinajstić information content (AvgIpc) is 3.42. The zero-order valence-corrected chi connectivity index (χ0v) is 22.3. The summed E-state index contributed by atoms with van der Waals surface area (Å²) >= 11 is 6.30. The Morgan fingerprint density at radius 2 is 1.92 bits per heavy atom. The monoisotopic (exact) mass is 544 g/mol. The van der Waals surface area contributed by atoms with E-state index in [-0.39, 0.29) is 22.2 Å². The Hall–Kier alpha value is -4.07. The van der Waals surface area contributed by atoms with E-state index >= 15 is 0 Å². The van der Waals surface area contributed by atoms with Gasteiger partial charge in [0.1, 0.15) is 17.1 Å². The van der Waals surface area contributed by atoms with Crippen LogP contribution in [0, 0.1) is 24.1 Å². The van der Waals surface area contributed by atoms with Crippen molar-refractivity contribution in [3.8, 4) is 6.07 Å². The molecule has 1 N–H and O–H groups in total. The normalized spacial score (nSPS) is 18.3. The number of rotatable bonds is 4. The van der Waals surface area contributed by atoms with Gasteiger partial charge in [0.2, 0.25) is 11.9 Å². The van der Waals surface area contributed by atoms with Crippen molar-refractivity contribution in [2.24, 2.45) is 4.99 Å². The molecule has 1 fully saturated rings. The topological polar surface area (TPSA) is 101 Å². The number of piperidine rings is 1. The summed E-state index contributed by atoms with van der Waals surface area (Å²) in [6.45, 7) is 4.62. The lowest BCUT2D eigenvalue weighted by Crippen LogP contribution is -2.51. The second-order valence-electron chi connectivity index (χ2n) is 10.1. The minimum absolute atomic E-state index is 0.0459. The number of para-hydroxylation sites is 1. The van der Waals surface area contributed by atoms with Crippen LogP contribution in [0.15, 0.2) is 47.6 Å². The first-order chi connectivity index (χ1) is 18.8. The first-order valence-corrected chi connectivity index (χ1v) is 13.2. The van der Waals surface area contributed by atoms with E-state index in [0.29, 0.717) is 24.9 Å². The van der Waals surface area contributed by atoms with Gasteiger partial charge in [-0.3, -0.25) is 14.7 Å². The predicted molar refractivity (Wildman–Crippen MR) is 148 cm³/mol. The molecule has 9 nitrogen and oxygen atoms in total. The van der Waals surface area contributed by atoms with Crippen LogP contribution in [0.25, 0.3) is 0 Å². The summed E-state index contributed by atoms with van der Waals surface area (Å²) in [5, 5.41) is 13.6. The van der Waals surface area contributed by atoms with Crippen molar-refractivity contribution >= 4 is 46.6 Å². The van der Waals surface area contributed by atoms with Crippen LogP contribution in [-0.4, -0.2) is 60.0 Å². The molecule has 3 aliphatic rings. The maximum atomic E-state index is 14.8. The molecule has 4 heterocycles. The van der Waals surface area contributed by atoms with E-state index in [1.54, 1.807) is 4.90 Å². The van der Waals surface area contributed by atoms with E-state index in [0.717, 1.165) is 42.7 Å². The van der Waals surface area contributed by atoms with Crippen molar-refractivity contribution in [1.82, 2.24) is 14.9 Å². The molecule has 11 heteroatoms. The third-order valence-corrected chi connectivity index (χ3v) is 8.09. The number of benzene rings is 2. The van der Waals surface area contributed by atoms with E-state index in [1.807, 2.05) is 25.1 Å². The molecule has 0 aliphatic carbocycles. The van der Waals surface area contributed by atoms with E-state index in [4.69, 9.17) is 11.6 Å². The van der Waals surface area contributed by atoms with E-state index in [1.165, 1.54) is 29.3 Å². The number of aromatic nitrogens is 2. The van der Waals surface area contributed by atoms with Crippen LogP contribution in [0.3, 0.4) is 0 Å². The fourth-order valence-corrected chi connectivity index (χ4v) is 5.83. The Bertz CT molecular complexity index is 1540. The van der Waals surface area contributed by atoms with Gasteiger partial charge in [0.05, 0.1) is 23.1 Å². The van der Waals surface area contributed by atoms with Crippen molar-refractivity contribution in [1.29, 1.82) is 5.26 Å². The maximum absolute atomic E-state index is 14.8. The third-order valence-electron chi connectivity index (χ3n) is 7.79. The SMILES string of the molecule is Cc1c(Nc2ncc3c(n2)N2CCN=C2N(c2c(F)cccc2Cl)C3=O)cccc1C1(C#N)CCN(C)CC1. The molecule has 6 rings (SSSR count). The van der Waals surface area contributed by atoms with Gasteiger partial charge in [-0.25, -0.2) is 14.3 Å².